The predicted octanol–water partition coefficient (Wildman–Crippen LogP) is 4.57. The van der Waals surface area contributed by atoms with Crippen LogP contribution in [0.15, 0.2) is 79.1 Å². The van der Waals surface area contributed by atoms with Crippen LogP contribution in [0.2, 0.25) is 0 Å². The van der Waals surface area contributed by atoms with Crippen molar-refractivity contribution in [3.05, 3.63) is 101 Å². The van der Waals surface area contributed by atoms with Crippen LogP contribution < -0.4 is 20.3 Å². The highest BCUT2D eigenvalue weighted by Crippen LogP contribution is 2.34. The van der Waals surface area contributed by atoms with Gasteiger partial charge < -0.3 is 16.0 Å². The highest BCUT2D eigenvalue weighted by Gasteiger charge is 2.35. The highest BCUT2D eigenvalue weighted by molar-refractivity contribution is 7.92. The van der Waals surface area contributed by atoms with Crippen molar-refractivity contribution in [2.45, 2.75) is 19.3 Å². The fourth-order valence-corrected chi connectivity index (χ4v) is 4.16. The van der Waals surface area contributed by atoms with E-state index in [1.165, 1.54) is 13.2 Å². The van der Waals surface area contributed by atoms with Crippen LogP contribution in [0.3, 0.4) is 0 Å². The zero-order valence-electron chi connectivity index (χ0n) is 22.0. The van der Waals surface area contributed by atoms with Crippen LogP contribution in [-0.4, -0.2) is 42.6 Å². The molecule has 0 aliphatic heterocycles. The molecular formula is C27H26F3N7O3S. The third-order valence-corrected chi connectivity index (χ3v) is 7.07. The van der Waals surface area contributed by atoms with Gasteiger partial charge in [-0.2, -0.15) is 18.2 Å². The van der Waals surface area contributed by atoms with E-state index in [2.05, 4.69) is 30.9 Å². The second kappa shape index (κ2) is 12.2. The van der Waals surface area contributed by atoms with Gasteiger partial charge in [-0.05, 0) is 35.9 Å². The average molecular weight is 586 g/mol. The Morgan fingerprint density at radius 1 is 0.951 bits per heavy atom. The summed E-state index contributed by atoms with van der Waals surface area (Å²) in [6.45, 7) is 0.162. The van der Waals surface area contributed by atoms with Gasteiger partial charge in [-0.25, -0.2) is 18.4 Å². The lowest BCUT2D eigenvalue weighted by molar-refractivity contribution is -0.137. The molecule has 0 spiro atoms. The fraction of sp³-hybridized carbons (Fsp3) is 0.185. The Morgan fingerprint density at radius 3 is 2.32 bits per heavy atom. The first kappa shape index (κ1) is 29.3. The number of amides is 1. The minimum atomic E-state index is -4.75. The molecule has 1 amide bonds. The van der Waals surface area contributed by atoms with Crippen LogP contribution in [-0.2, 0) is 29.3 Å². The maximum Gasteiger partial charge on any atom is 0.421 e. The summed E-state index contributed by atoms with van der Waals surface area (Å²) in [6.07, 6.45) is -1.73. The summed E-state index contributed by atoms with van der Waals surface area (Å²) < 4.78 is 66.0. The van der Waals surface area contributed by atoms with Crippen molar-refractivity contribution in [2.75, 3.05) is 28.2 Å². The summed E-state index contributed by atoms with van der Waals surface area (Å²) in [4.78, 5) is 24.3. The number of benzene rings is 2. The molecule has 214 valence electrons. The van der Waals surface area contributed by atoms with Crippen LogP contribution in [0.1, 0.15) is 27.0 Å². The Bertz CT molecular complexity index is 1620. The van der Waals surface area contributed by atoms with Crippen molar-refractivity contribution in [3.63, 3.8) is 0 Å². The summed E-state index contributed by atoms with van der Waals surface area (Å²) in [5, 5.41) is 8.29. The van der Waals surface area contributed by atoms with Gasteiger partial charge in [0.05, 0.1) is 6.26 Å². The number of rotatable bonds is 10. The molecule has 0 aliphatic rings. The number of carbonyl (C=O) groups excluding carboxylic acids is 1. The Kier molecular flexibility index (Phi) is 8.71. The first-order valence-electron chi connectivity index (χ1n) is 12.2. The van der Waals surface area contributed by atoms with E-state index < -0.39 is 27.6 Å². The number of nitrogens with zero attached hydrogens (tertiary/aromatic N) is 4. The molecular weight excluding hydrogens is 559 g/mol. The molecule has 0 saturated heterocycles. The smallest absolute Gasteiger partial charge is 0.365 e. The van der Waals surface area contributed by atoms with Crippen molar-refractivity contribution < 1.29 is 26.4 Å². The molecule has 0 saturated carbocycles. The van der Waals surface area contributed by atoms with E-state index in [1.807, 2.05) is 30.3 Å². The number of nitrogens with one attached hydrogen (secondary N) is 3. The molecule has 2 heterocycles. The van der Waals surface area contributed by atoms with E-state index >= 15 is 0 Å². The fourth-order valence-electron chi connectivity index (χ4n) is 3.69. The summed E-state index contributed by atoms with van der Waals surface area (Å²) in [6, 6.07) is 18.8. The summed E-state index contributed by atoms with van der Waals surface area (Å²) in [5.74, 6) is -0.851. The Balaban J connectivity index is 1.49. The molecule has 2 aromatic heterocycles. The van der Waals surface area contributed by atoms with E-state index in [0.29, 0.717) is 29.6 Å². The maximum atomic E-state index is 13.7. The topological polar surface area (TPSA) is 129 Å². The van der Waals surface area contributed by atoms with Crippen LogP contribution in [0.4, 0.5) is 36.4 Å². The number of hydrogen-bond acceptors (Lipinski definition) is 8. The van der Waals surface area contributed by atoms with Crippen molar-refractivity contribution in [3.8, 4) is 0 Å². The monoisotopic (exact) mass is 585 g/mol. The number of anilines is 4. The lowest BCUT2D eigenvalue weighted by Gasteiger charge is -2.20. The number of alkyl halides is 3. The molecule has 14 heteroatoms. The number of carbonyl (C=O) groups is 1. The van der Waals surface area contributed by atoms with Crippen molar-refractivity contribution in [1.29, 1.82) is 0 Å². The van der Waals surface area contributed by atoms with E-state index in [-0.39, 0.29) is 24.2 Å². The molecule has 4 aromatic rings. The minimum absolute atomic E-state index is 0.0661. The molecule has 0 radical (unpaired) electrons. The SMILES string of the molecule is CN(c1ncccc1CNc1nc(Nc2ccc(C(=O)NCc3ccccc3)cc2)ncc1C(F)(F)F)S(C)(=O)=O. The molecule has 0 fully saturated rings. The predicted molar refractivity (Wildman–Crippen MR) is 149 cm³/mol. The van der Waals surface area contributed by atoms with Gasteiger partial charge in [0.1, 0.15) is 17.2 Å². The summed E-state index contributed by atoms with van der Waals surface area (Å²) in [7, 11) is -2.36. The van der Waals surface area contributed by atoms with Gasteiger partial charge in [-0.15, -0.1) is 0 Å². The van der Waals surface area contributed by atoms with Crippen LogP contribution in [0.5, 0.6) is 0 Å². The molecule has 3 N–H and O–H groups in total. The molecule has 41 heavy (non-hydrogen) atoms. The van der Waals surface area contributed by atoms with E-state index in [4.69, 9.17) is 0 Å². The van der Waals surface area contributed by atoms with Gasteiger partial charge in [0, 0.05) is 49.3 Å². The van der Waals surface area contributed by atoms with Gasteiger partial charge in [0.15, 0.2) is 0 Å². The normalized spacial score (nSPS) is 11.5. The Hall–Kier alpha value is -4.72. The van der Waals surface area contributed by atoms with Gasteiger partial charge in [-0.1, -0.05) is 36.4 Å². The largest absolute Gasteiger partial charge is 0.421 e. The molecule has 0 bridgehead atoms. The minimum Gasteiger partial charge on any atom is -0.365 e. The van der Waals surface area contributed by atoms with Gasteiger partial charge >= 0.3 is 6.18 Å². The van der Waals surface area contributed by atoms with Crippen molar-refractivity contribution in [2.24, 2.45) is 0 Å². The third kappa shape index (κ3) is 7.69. The first-order valence-corrected chi connectivity index (χ1v) is 14.0. The third-order valence-electron chi connectivity index (χ3n) is 5.90. The van der Waals surface area contributed by atoms with Gasteiger partial charge in [0.2, 0.25) is 16.0 Å². The zero-order chi connectivity index (χ0) is 29.6. The van der Waals surface area contributed by atoms with Crippen molar-refractivity contribution >= 4 is 39.2 Å². The van der Waals surface area contributed by atoms with E-state index in [9.17, 15) is 26.4 Å². The Morgan fingerprint density at radius 2 is 1.66 bits per heavy atom. The highest BCUT2D eigenvalue weighted by atomic mass is 32.2. The number of pyridine rings is 1. The number of hydrogen-bond donors (Lipinski definition) is 3. The Labute approximate surface area is 234 Å². The molecule has 2 aromatic carbocycles. The molecule has 0 unspecified atom stereocenters. The molecule has 10 nitrogen and oxygen atoms in total. The molecule has 0 atom stereocenters. The molecule has 0 aliphatic carbocycles. The van der Waals surface area contributed by atoms with Crippen LogP contribution >= 0.6 is 0 Å². The number of halogens is 3. The number of sulfonamides is 1. The maximum absolute atomic E-state index is 13.7. The number of aromatic nitrogens is 3. The summed E-state index contributed by atoms with van der Waals surface area (Å²) >= 11 is 0. The van der Waals surface area contributed by atoms with Crippen LogP contribution in [0, 0.1) is 0 Å². The standard InChI is InChI=1S/C27H26F3N7O3S/c1-37(41(2,39)40)24-20(9-6-14-31-24)16-32-23-22(27(28,29)30)17-34-26(36-23)35-21-12-10-19(11-13-21)25(38)33-15-18-7-4-3-5-8-18/h3-14,17H,15-16H2,1-2H3,(H,33,38)(H2,32,34,35,36). The quantitative estimate of drug-likeness (QED) is 0.247. The lowest BCUT2D eigenvalue weighted by atomic mass is 10.2. The summed E-state index contributed by atoms with van der Waals surface area (Å²) in [5.41, 5.74) is 1.02. The van der Waals surface area contributed by atoms with Gasteiger partial charge in [0.25, 0.3) is 5.91 Å². The first-order chi connectivity index (χ1) is 19.4. The average Bonchev–Trinajstić information content (AvgIpc) is 2.94. The van der Waals surface area contributed by atoms with Crippen LogP contribution in [0.25, 0.3) is 0 Å². The second-order valence-electron chi connectivity index (χ2n) is 8.89. The van der Waals surface area contributed by atoms with E-state index in [1.54, 1.807) is 36.4 Å². The van der Waals surface area contributed by atoms with E-state index in [0.717, 1.165) is 16.1 Å². The second-order valence-corrected chi connectivity index (χ2v) is 10.9. The van der Waals surface area contributed by atoms with Gasteiger partial charge in [-0.3, -0.25) is 9.10 Å². The zero-order valence-corrected chi connectivity index (χ0v) is 22.8. The molecule has 4 rings (SSSR count). The lowest BCUT2D eigenvalue weighted by Crippen LogP contribution is -2.27. The van der Waals surface area contributed by atoms with Crippen molar-refractivity contribution in [1.82, 2.24) is 20.3 Å².